The van der Waals surface area contributed by atoms with E-state index in [4.69, 9.17) is 4.74 Å². The number of hydrogen-bond acceptors (Lipinski definition) is 4. The highest BCUT2D eigenvalue weighted by atomic mass is 16.5. The molecule has 0 radical (unpaired) electrons. The molecule has 2 aromatic rings. The van der Waals surface area contributed by atoms with Crippen LogP contribution in [0.15, 0.2) is 71.9 Å². The van der Waals surface area contributed by atoms with Gasteiger partial charge in [-0.25, -0.2) is 4.79 Å². The summed E-state index contributed by atoms with van der Waals surface area (Å²) in [4.78, 5) is 39.6. The van der Waals surface area contributed by atoms with Gasteiger partial charge in [0.15, 0.2) is 5.78 Å². The minimum atomic E-state index is -0.391. The summed E-state index contributed by atoms with van der Waals surface area (Å²) in [6.07, 6.45) is 6.13. The van der Waals surface area contributed by atoms with E-state index >= 15 is 0 Å². The molecule has 0 bridgehead atoms. The smallest absolute Gasteiger partial charge is 0.338 e. The van der Waals surface area contributed by atoms with Crippen LogP contribution in [0.1, 0.15) is 48.5 Å². The van der Waals surface area contributed by atoms with Crippen molar-refractivity contribution < 1.29 is 19.1 Å². The number of esters is 1. The van der Waals surface area contributed by atoms with Crippen LogP contribution in [0.3, 0.4) is 0 Å². The van der Waals surface area contributed by atoms with Crippen molar-refractivity contribution in [1.29, 1.82) is 0 Å². The zero-order valence-electron chi connectivity index (χ0n) is 17.5. The van der Waals surface area contributed by atoms with Crippen molar-refractivity contribution in [3.63, 3.8) is 0 Å². The standard InChI is InChI=1S/C26H25NO4/c1-2-31-26(30)19-13-15-21(16-14-19)27-22-9-6-10-23(28)25(22)20(17-24(27)29)12-11-18-7-4-3-5-8-18/h3-5,7-8,11-16,20H,2,6,9-10,17H2,1H3/b12-11+. The maximum absolute atomic E-state index is 13.2. The third kappa shape index (κ3) is 4.36. The molecule has 5 heteroatoms. The van der Waals surface area contributed by atoms with Crippen LogP contribution in [-0.2, 0) is 14.3 Å². The lowest BCUT2D eigenvalue weighted by Gasteiger charge is -2.37. The van der Waals surface area contributed by atoms with Crippen LogP contribution in [0.4, 0.5) is 5.69 Å². The molecule has 2 aromatic carbocycles. The van der Waals surface area contributed by atoms with Crippen molar-refractivity contribution in [3.8, 4) is 0 Å². The average molecular weight is 415 g/mol. The van der Waals surface area contributed by atoms with Crippen molar-refractivity contribution in [2.75, 3.05) is 11.5 Å². The Morgan fingerprint density at radius 2 is 1.81 bits per heavy atom. The number of anilines is 1. The van der Waals surface area contributed by atoms with Crippen LogP contribution in [0.5, 0.6) is 0 Å². The molecule has 0 aromatic heterocycles. The average Bonchev–Trinajstić information content (AvgIpc) is 2.78. The minimum Gasteiger partial charge on any atom is -0.462 e. The highest BCUT2D eigenvalue weighted by molar-refractivity contribution is 6.07. The van der Waals surface area contributed by atoms with Crippen LogP contribution in [0, 0.1) is 5.92 Å². The first kappa shape index (κ1) is 20.8. The number of benzene rings is 2. The van der Waals surface area contributed by atoms with E-state index in [1.165, 1.54) is 0 Å². The Hall–Kier alpha value is -3.47. The number of carbonyl (C=O) groups excluding carboxylic acids is 3. The number of allylic oxidation sites excluding steroid dienone is 3. The molecule has 1 amide bonds. The second kappa shape index (κ2) is 9.13. The minimum absolute atomic E-state index is 0.0416. The first-order chi connectivity index (χ1) is 15.1. The Morgan fingerprint density at radius 3 is 2.52 bits per heavy atom. The first-order valence-corrected chi connectivity index (χ1v) is 10.7. The Balaban J connectivity index is 1.67. The predicted octanol–water partition coefficient (Wildman–Crippen LogP) is 4.94. The molecule has 4 rings (SSSR count). The molecule has 0 saturated carbocycles. The van der Waals surface area contributed by atoms with E-state index in [9.17, 15) is 14.4 Å². The molecule has 158 valence electrons. The fourth-order valence-corrected chi connectivity index (χ4v) is 4.25. The lowest BCUT2D eigenvalue weighted by atomic mass is 9.80. The molecule has 1 atom stereocenters. The molecule has 1 unspecified atom stereocenters. The van der Waals surface area contributed by atoms with Gasteiger partial charge in [-0.1, -0.05) is 42.5 Å². The first-order valence-electron chi connectivity index (χ1n) is 10.7. The summed E-state index contributed by atoms with van der Waals surface area (Å²) in [6, 6.07) is 16.7. The predicted molar refractivity (Wildman–Crippen MR) is 119 cm³/mol. The maximum Gasteiger partial charge on any atom is 0.338 e. The monoisotopic (exact) mass is 415 g/mol. The molecule has 1 aliphatic heterocycles. The molecule has 1 aliphatic carbocycles. The SMILES string of the molecule is CCOC(=O)c1ccc(N2C(=O)CC(/C=C/c3ccccc3)C3=C2CCCC3=O)cc1. The molecule has 0 spiro atoms. The van der Waals surface area contributed by atoms with Gasteiger partial charge in [-0.2, -0.15) is 0 Å². The van der Waals surface area contributed by atoms with Crippen LogP contribution >= 0.6 is 0 Å². The number of rotatable bonds is 5. The molecule has 0 fully saturated rings. The van der Waals surface area contributed by atoms with Crippen LogP contribution < -0.4 is 4.90 Å². The van der Waals surface area contributed by atoms with Gasteiger partial charge in [0.2, 0.25) is 5.91 Å². The Kier molecular flexibility index (Phi) is 6.12. The largest absolute Gasteiger partial charge is 0.462 e. The normalized spacial score (nSPS) is 19.0. The fraction of sp³-hybridized carbons (Fsp3) is 0.269. The third-order valence-corrected chi connectivity index (χ3v) is 5.67. The van der Waals surface area contributed by atoms with Gasteiger partial charge in [0.25, 0.3) is 0 Å². The second-order valence-corrected chi connectivity index (χ2v) is 7.71. The summed E-state index contributed by atoms with van der Waals surface area (Å²) < 4.78 is 5.03. The maximum atomic E-state index is 13.2. The van der Waals surface area contributed by atoms with Gasteiger partial charge in [0.1, 0.15) is 0 Å². The summed E-state index contributed by atoms with van der Waals surface area (Å²) in [5.41, 5.74) is 3.68. The number of nitrogens with zero attached hydrogens (tertiary/aromatic N) is 1. The lowest BCUT2D eigenvalue weighted by Crippen LogP contribution is -2.40. The van der Waals surface area contributed by atoms with Gasteiger partial charge in [-0.15, -0.1) is 0 Å². The Bertz CT molecular complexity index is 1050. The van der Waals surface area contributed by atoms with E-state index in [-0.39, 0.29) is 24.0 Å². The molecular formula is C26H25NO4. The van der Waals surface area contributed by atoms with Crippen LogP contribution in [0.25, 0.3) is 6.08 Å². The van der Waals surface area contributed by atoms with Crippen molar-refractivity contribution in [2.45, 2.75) is 32.6 Å². The topological polar surface area (TPSA) is 63.7 Å². The number of ether oxygens (including phenoxy) is 1. The Morgan fingerprint density at radius 1 is 1.06 bits per heavy atom. The van der Waals surface area contributed by atoms with Crippen LogP contribution in [-0.4, -0.2) is 24.3 Å². The van der Waals surface area contributed by atoms with E-state index in [1.54, 1.807) is 36.1 Å². The Labute approximate surface area is 182 Å². The number of hydrogen-bond donors (Lipinski definition) is 0. The highest BCUT2D eigenvalue weighted by Crippen LogP contribution is 2.39. The third-order valence-electron chi connectivity index (χ3n) is 5.67. The summed E-state index contributed by atoms with van der Waals surface area (Å²) in [5, 5.41) is 0. The van der Waals surface area contributed by atoms with Crippen molar-refractivity contribution in [2.24, 2.45) is 5.92 Å². The molecule has 1 heterocycles. The number of amides is 1. The van der Waals surface area contributed by atoms with Gasteiger partial charge in [0.05, 0.1) is 12.2 Å². The van der Waals surface area contributed by atoms with E-state index in [0.717, 1.165) is 23.3 Å². The zero-order valence-corrected chi connectivity index (χ0v) is 17.5. The molecule has 31 heavy (non-hydrogen) atoms. The quantitative estimate of drug-likeness (QED) is 0.649. The van der Waals surface area contributed by atoms with Crippen molar-refractivity contribution in [1.82, 2.24) is 0 Å². The summed E-state index contributed by atoms with van der Waals surface area (Å²) in [7, 11) is 0. The van der Waals surface area contributed by atoms with Gasteiger partial charge in [0, 0.05) is 35.7 Å². The van der Waals surface area contributed by atoms with Gasteiger partial charge < -0.3 is 4.74 Å². The molecular weight excluding hydrogens is 390 g/mol. The van der Waals surface area contributed by atoms with Gasteiger partial charge in [-0.3, -0.25) is 14.5 Å². The van der Waals surface area contributed by atoms with E-state index in [2.05, 4.69) is 0 Å². The number of carbonyl (C=O) groups is 3. The number of Topliss-reactive ketones (excluding diaryl/α,β-unsaturated/α-hetero) is 1. The molecule has 0 N–H and O–H groups in total. The summed E-state index contributed by atoms with van der Waals surface area (Å²) >= 11 is 0. The summed E-state index contributed by atoms with van der Waals surface area (Å²) in [5.74, 6) is -0.534. The second-order valence-electron chi connectivity index (χ2n) is 7.71. The molecule has 5 nitrogen and oxygen atoms in total. The fourth-order valence-electron chi connectivity index (χ4n) is 4.25. The van der Waals surface area contributed by atoms with Gasteiger partial charge in [-0.05, 0) is 49.6 Å². The van der Waals surface area contributed by atoms with E-state index < -0.39 is 5.97 Å². The summed E-state index contributed by atoms with van der Waals surface area (Å²) in [6.45, 7) is 2.07. The van der Waals surface area contributed by atoms with Crippen molar-refractivity contribution in [3.05, 3.63) is 83.1 Å². The number of ketones is 1. The van der Waals surface area contributed by atoms with Gasteiger partial charge >= 0.3 is 5.97 Å². The van der Waals surface area contributed by atoms with E-state index in [1.807, 2.05) is 42.5 Å². The van der Waals surface area contributed by atoms with Crippen molar-refractivity contribution >= 4 is 29.4 Å². The van der Waals surface area contributed by atoms with E-state index in [0.29, 0.717) is 30.7 Å². The highest BCUT2D eigenvalue weighted by Gasteiger charge is 2.38. The lowest BCUT2D eigenvalue weighted by molar-refractivity contribution is -0.120. The zero-order chi connectivity index (χ0) is 21.8. The molecule has 2 aliphatic rings. The van der Waals surface area contributed by atoms with Crippen LogP contribution in [0.2, 0.25) is 0 Å². The molecule has 0 saturated heterocycles.